The summed E-state index contributed by atoms with van der Waals surface area (Å²) in [5.74, 6) is -0.956. The number of benzene rings is 3. The molecule has 0 aliphatic heterocycles. The highest BCUT2D eigenvalue weighted by atomic mass is 35.5. The van der Waals surface area contributed by atoms with Crippen molar-refractivity contribution in [1.82, 2.24) is 10.2 Å². The number of rotatable bonds is 9. The number of carbonyl (C=O) groups excluding carboxylic acids is 2. The number of amides is 2. The molecule has 3 rings (SSSR count). The van der Waals surface area contributed by atoms with Crippen LogP contribution in [0.1, 0.15) is 18.1 Å². The van der Waals surface area contributed by atoms with Gasteiger partial charge >= 0.3 is 0 Å². The molecule has 7 nitrogen and oxygen atoms in total. The Morgan fingerprint density at radius 2 is 1.56 bits per heavy atom. The zero-order valence-corrected chi connectivity index (χ0v) is 22.4. The van der Waals surface area contributed by atoms with E-state index in [9.17, 15) is 18.0 Å². The van der Waals surface area contributed by atoms with Gasteiger partial charge in [0.05, 0.1) is 10.6 Å². The number of anilines is 1. The van der Waals surface area contributed by atoms with Gasteiger partial charge in [-0.05, 0) is 61.9 Å². The Balaban J connectivity index is 2.03. The number of hydrogen-bond donors (Lipinski definition) is 1. The molecule has 1 unspecified atom stereocenters. The molecule has 0 fully saturated rings. The van der Waals surface area contributed by atoms with Gasteiger partial charge in [0.25, 0.3) is 10.0 Å². The molecule has 0 bridgehead atoms. The maximum atomic E-state index is 13.7. The Morgan fingerprint density at radius 3 is 2.14 bits per heavy atom. The third-order valence-electron chi connectivity index (χ3n) is 5.64. The summed E-state index contributed by atoms with van der Waals surface area (Å²) >= 11 is 12.3. The second-order valence-electron chi connectivity index (χ2n) is 8.25. The fourth-order valence-corrected chi connectivity index (χ4v) is 5.42. The molecular weight excluding hydrogens is 521 g/mol. The van der Waals surface area contributed by atoms with Gasteiger partial charge in [-0.15, -0.1) is 0 Å². The zero-order chi connectivity index (χ0) is 26.5. The normalized spacial score (nSPS) is 12.0. The first kappa shape index (κ1) is 27.5. The predicted octanol–water partition coefficient (Wildman–Crippen LogP) is 4.66. The molecule has 0 aromatic heterocycles. The van der Waals surface area contributed by atoms with Gasteiger partial charge in [0.15, 0.2) is 0 Å². The minimum absolute atomic E-state index is 0.0293. The van der Waals surface area contributed by atoms with Crippen molar-refractivity contribution >= 4 is 50.7 Å². The van der Waals surface area contributed by atoms with E-state index in [1.54, 1.807) is 61.5 Å². The Hall–Kier alpha value is -3.07. The van der Waals surface area contributed by atoms with Crippen LogP contribution in [0.5, 0.6) is 0 Å². The molecule has 0 radical (unpaired) electrons. The predicted molar refractivity (Wildman–Crippen MR) is 143 cm³/mol. The van der Waals surface area contributed by atoms with E-state index in [4.69, 9.17) is 23.2 Å². The Bertz CT molecular complexity index is 1350. The van der Waals surface area contributed by atoms with Gasteiger partial charge in [-0.2, -0.15) is 0 Å². The molecule has 0 saturated carbocycles. The van der Waals surface area contributed by atoms with Crippen LogP contribution in [0.15, 0.2) is 77.7 Å². The number of sulfonamides is 1. The molecule has 2 amide bonds. The minimum Gasteiger partial charge on any atom is -0.357 e. The SMILES string of the molecule is CNC(=O)C(C)N(Cc1cccc(Cl)c1)C(=O)CN(c1cccc(Cl)c1)S(=O)(=O)c1ccc(C)cc1. The molecule has 1 atom stereocenters. The van der Waals surface area contributed by atoms with Crippen LogP contribution < -0.4 is 9.62 Å². The fourth-order valence-electron chi connectivity index (χ4n) is 3.62. The number of carbonyl (C=O) groups is 2. The number of halogens is 2. The lowest BCUT2D eigenvalue weighted by Crippen LogP contribution is -2.50. The van der Waals surface area contributed by atoms with Gasteiger partial charge in [0.1, 0.15) is 12.6 Å². The van der Waals surface area contributed by atoms with Crippen LogP contribution in [0.4, 0.5) is 5.69 Å². The van der Waals surface area contributed by atoms with E-state index < -0.39 is 28.5 Å². The average Bonchev–Trinajstić information content (AvgIpc) is 2.85. The topological polar surface area (TPSA) is 86.8 Å². The maximum Gasteiger partial charge on any atom is 0.264 e. The molecule has 1 N–H and O–H groups in total. The summed E-state index contributed by atoms with van der Waals surface area (Å²) in [7, 11) is -2.67. The average molecular weight is 548 g/mol. The van der Waals surface area contributed by atoms with E-state index in [0.717, 1.165) is 9.87 Å². The molecule has 0 saturated heterocycles. The van der Waals surface area contributed by atoms with Crippen molar-refractivity contribution in [2.75, 3.05) is 17.9 Å². The van der Waals surface area contributed by atoms with Crippen LogP contribution in [-0.2, 0) is 26.2 Å². The van der Waals surface area contributed by atoms with Gasteiger partial charge in [0, 0.05) is 23.6 Å². The highest BCUT2D eigenvalue weighted by molar-refractivity contribution is 7.92. The summed E-state index contributed by atoms with van der Waals surface area (Å²) in [4.78, 5) is 27.5. The van der Waals surface area contributed by atoms with Crippen LogP contribution in [0.25, 0.3) is 0 Å². The molecule has 10 heteroatoms. The second kappa shape index (κ2) is 11.8. The van der Waals surface area contributed by atoms with Gasteiger partial charge in [0.2, 0.25) is 11.8 Å². The van der Waals surface area contributed by atoms with Crippen LogP contribution in [0, 0.1) is 6.92 Å². The van der Waals surface area contributed by atoms with Crippen molar-refractivity contribution in [3.8, 4) is 0 Å². The first-order chi connectivity index (χ1) is 17.0. The largest absolute Gasteiger partial charge is 0.357 e. The molecule has 0 aliphatic rings. The summed E-state index contributed by atoms with van der Waals surface area (Å²) in [5, 5.41) is 3.34. The Morgan fingerprint density at radius 1 is 0.944 bits per heavy atom. The fraction of sp³-hybridized carbons (Fsp3) is 0.231. The van der Waals surface area contributed by atoms with Gasteiger partial charge in [-0.1, -0.05) is 59.1 Å². The summed E-state index contributed by atoms with van der Waals surface area (Å²) in [5.41, 5.74) is 1.82. The van der Waals surface area contributed by atoms with Crippen molar-refractivity contribution in [2.24, 2.45) is 0 Å². The lowest BCUT2D eigenvalue weighted by molar-refractivity contribution is -0.139. The third-order valence-corrected chi connectivity index (χ3v) is 7.90. The van der Waals surface area contributed by atoms with E-state index >= 15 is 0 Å². The number of aryl methyl sites for hydroxylation is 1. The lowest BCUT2D eigenvalue weighted by Gasteiger charge is -2.31. The number of likely N-dealkylation sites (N-methyl/N-ethyl adjacent to an activating group) is 1. The first-order valence-electron chi connectivity index (χ1n) is 11.1. The number of nitrogens with zero attached hydrogens (tertiary/aromatic N) is 2. The Labute approximate surface area is 221 Å². The van der Waals surface area contributed by atoms with Crippen molar-refractivity contribution < 1.29 is 18.0 Å². The molecule has 190 valence electrons. The van der Waals surface area contributed by atoms with E-state index in [0.29, 0.717) is 15.6 Å². The molecule has 3 aromatic rings. The third kappa shape index (κ3) is 6.57. The molecule has 0 heterocycles. The van der Waals surface area contributed by atoms with Gasteiger partial charge in [-0.3, -0.25) is 13.9 Å². The summed E-state index contributed by atoms with van der Waals surface area (Å²) in [6, 6.07) is 18.7. The molecule has 0 aliphatic carbocycles. The van der Waals surface area contributed by atoms with Crippen LogP contribution in [0.3, 0.4) is 0 Å². The summed E-state index contributed by atoms with van der Waals surface area (Å²) < 4.78 is 28.4. The molecule has 3 aromatic carbocycles. The highest BCUT2D eigenvalue weighted by Crippen LogP contribution is 2.27. The van der Waals surface area contributed by atoms with E-state index in [1.165, 1.54) is 30.1 Å². The van der Waals surface area contributed by atoms with Crippen molar-refractivity contribution in [3.63, 3.8) is 0 Å². The highest BCUT2D eigenvalue weighted by Gasteiger charge is 2.32. The van der Waals surface area contributed by atoms with Gasteiger partial charge in [-0.25, -0.2) is 8.42 Å². The monoisotopic (exact) mass is 547 g/mol. The van der Waals surface area contributed by atoms with E-state index in [1.807, 2.05) is 6.92 Å². The molecule has 36 heavy (non-hydrogen) atoms. The van der Waals surface area contributed by atoms with Crippen LogP contribution >= 0.6 is 23.2 Å². The second-order valence-corrected chi connectivity index (χ2v) is 11.0. The lowest BCUT2D eigenvalue weighted by atomic mass is 10.1. The molecule has 0 spiro atoms. The number of nitrogens with one attached hydrogen (secondary N) is 1. The minimum atomic E-state index is -4.14. The smallest absolute Gasteiger partial charge is 0.264 e. The van der Waals surface area contributed by atoms with Crippen molar-refractivity contribution in [1.29, 1.82) is 0 Å². The standard InChI is InChI=1S/C26H27Cl2N3O4S/c1-18-10-12-24(13-11-18)36(34,35)31(23-9-5-8-22(28)15-23)17-25(32)30(19(2)26(33)29-3)16-20-6-4-7-21(27)14-20/h4-15,19H,16-17H2,1-3H3,(H,29,33). The van der Waals surface area contributed by atoms with Crippen molar-refractivity contribution in [3.05, 3.63) is 94.0 Å². The van der Waals surface area contributed by atoms with Gasteiger partial charge < -0.3 is 10.2 Å². The quantitative estimate of drug-likeness (QED) is 0.422. The Kier molecular flexibility index (Phi) is 9.00. The zero-order valence-electron chi connectivity index (χ0n) is 20.1. The van der Waals surface area contributed by atoms with E-state index in [2.05, 4.69) is 5.32 Å². The first-order valence-corrected chi connectivity index (χ1v) is 13.3. The number of hydrogen-bond acceptors (Lipinski definition) is 4. The summed E-state index contributed by atoms with van der Waals surface area (Å²) in [6.07, 6.45) is 0. The molecular formula is C26H27Cl2N3O4S. The maximum absolute atomic E-state index is 13.7. The van der Waals surface area contributed by atoms with Crippen molar-refractivity contribution in [2.45, 2.75) is 31.3 Å². The van der Waals surface area contributed by atoms with Crippen LogP contribution in [0.2, 0.25) is 10.0 Å². The van der Waals surface area contributed by atoms with E-state index in [-0.39, 0.29) is 23.0 Å². The summed E-state index contributed by atoms with van der Waals surface area (Å²) in [6.45, 7) is 2.95. The van der Waals surface area contributed by atoms with Crippen LogP contribution in [-0.4, -0.2) is 44.8 Å².